The molecule has 0 aromatic carbocycles. The van der Waals surface area contributed by atoms with Gasteiger partial charge in [0.2, 0.25) is 5.91 Å². The van der Waals surface area contributed by atoms with Gasteiger partial charge in [0.15, 0.2) is 0 Å². The fraction of sp³-hybridized carbons (Fsp3) is 0.929. The van der Waals surface area contributed by atoms with Crippen LogP contribution in [0.15, 0.2) is 0 Å². The predicted molar refractivity (Wildman–Crippen MR) is 76.7 cm³/mol. The Balaban J connectivity index is 1.95. The second-order valence-electron chi connectivity index (χ2n) is 5.52. The van der Waals surface area contributed by atoms with Crippen LogP contribution in [0.25, 0.3) is 0 Å². The van der Waals surface area contributed by atoms with Gasteiger partial charge in [0.1, 0.15) is 0 Å². The molecular weight excluding hydrogens is 242 g/mol. The lowest BCUT2D eigenvalue weighted by Gasteiger charge is -2.31. The van der Waals surface area contributed by atoms with Gasteiger partial charge in [0, 0.05) is 25.6 Å². The van der Waals surface area contributed by atoms with Crippen LogP contribution in [0.2, 0.25) is 0 Å². The SMILES string of the molecule is CCC1CCN(CCOCCC(N)CC(N)=O)CC1. The fourth-order valence-electron chi connectivity index (χ4n) is 2.51. The summed E-state index contributed by atoms with van der Waals surface area (Å²) in [6.07, 6.45) is 4.89. The summed E-state index contributed by atoms with van der Waals surface area (Å²) in [5.74, 6) is 0.579. The summed E-state index contributed by atoms with van der Waals surface area (Å²) in [4.78, 5) is 13.1. The number of primary amides is 1. The Hall–Kier alpha value is -0.650. The second kappa shape index (κ2) is 9.28. The molecule has 1 aliphatic heterocycles. The van der Waals surface area contributed by atoms with Crippen molar-refractivity contribution in [1.29, 1.82) is 0 Å². The first-order valence-corrected chi connectivity index (χ1v) is 7.45. The molecule has 4 N–H and O–H groups in total. The summed E-state index contributed by atoms with van der Waals surface area (Å²) >= 11 is 0. The van der Waals surface area contributed by atoms with Crippen molar-refractivity contribution in [3.05, 3.63) is 0 Å². The molecule has 0 aromatic heterocycles. The van der Waals surface area contributed by atoms with E-state index in [2.05, 4.69) is 11.8 Å². The lowest BCUT2D eigenvalue weighted by atomic mass is 9.94. The van der Waals surface area contributed by atoms with Crippen LogP contribution < -0.4 is 11.5 Å². The van der Waals surface area contributed by atoms with Gasteiger partial charge in [-0.25, -0.2) is 0 Å². The summed E-state index contributed by atoms with van der Waals surface area (Å²) in [6.45, 7) is 7.03. The summed E-state index contributed by atoms with van der Waals surface area (Å²) in [5.41, 5.74) is 10.8. The van der Waals surface area contributed by atoms with E-state index in [-0.39, 0.29) is 18.4 Å². The Labute approximate surface area is 116 Å². The average molecular weight is 271 g/mol. The van der Waals surface area contributed by atoms with Crippen LogP contribution in [0.3, 0.4) is 0 Å². The number of piperidine rings is 1. The number of rotatable bonds is 9. The van der Waals surface area contributed by atoms with Gasteiger partial charge in [0.05, 0.1) is 6.61 Å². The monoisotopic (exact) mass is 271 g/mol. The number of hydrogen-bond acceptors (Lipinski definition) is 4. The Morgan fingerprint density at radius 2 is 2.05 bits per heavy atom. The molecule has 112 valence electrons. The van der Waals surface area contributed by atoms with Crippen LogP contribution in [-0.4, -0.2) is 49.7 Å². The van der Waals surface area contributed by atoms with Crippen molar-refractivity contribution in [2.24, 2.45) is 17.4 Å². The van der Waals surface area contributed by atoms with Gasteiger partial charge in [0.25, 0.3) is 0 Å². The van der Waals surface area contributed by atoms with E-state index >= 15 is 0 Å². The zero-order valence-corrected chi connectivity index (χ0v) is 12.1. The zero-order valence-electron chi connectivity index (χ0n) is 12.1. The van der Waals surface area contributed by atoms with Crippen molar-refractivity contribution >= 4 is 5.91 Å². The molecule has 19 heavy (non-hydrogen) atoms. The molecule has 1 heterocycles. The molecule has 1 unspecified atom stereocenters. The highest BCUT2D eigenvalue weighted by atomic mass is 16.5. The Bertz CT molecular complexity index is 253. The standard InChI is InChI=1S/C14H29N3O2/c1-2-12-3-6-17(7-4-12)8-10-19-9-5-13(15)11-14(16)18/h12-13H,2-11,15H2,1H3,(H2,16,18). The highest BCUT2D eigenvalue weighted by molar-refractivity contribution is 5.74. The highest BCUT2D eigenvalue weighted by Gasteiger charge is 2.17. The second-order valence-corrected chi connectivity index (χ2v) is 5.52. The van der Waals surface area contributed by atoms with Crippen molar-refractivity contribution in [3.63, 3.8) is 0 Å². The zero-order chi connectivity index (χ0) is 14.1. The molecule has 1 fully saturated rings. The number of ether oxygens (including phenoxy) is 1. The number of nitrogens with zero attached hydrogens (tertiary/aromatic N) is 1. The van der Waals surface area contributed by atoms with Crippen LogP contribution in [0.5, 0.6) is 0 Å². The molecule has 0 radical (unpaired) electrons. The molecule has 1 atom stereocenters. The summed E-state index contributed by atoms with van der Waals surface area (Å²) in [6, 6.07) is -0.169. The third-order valence-electron chi connectivity index (χ3n) is 3.93. The predicted octanol–water partition coefficient (Wildman–Crippen LogP) is 0.718. The van der Waals surface area contributed by atoms with E-state index in [1.807, 2.05) is 0 Å². The molecule has 1 rings (SSSR count). The Morgan fingerprint density at radius 3 is 2.63 bits per heavy atom. The van der Waals surface area contributed by atoms with Gasteiger partial charge in [-0.05, 0) is 38.3 Å². The molecule has 0 aromatic rings. The van der Waals surface area contributed by atoms with Gasteiger partial charge in [-0.1, -0.05) is 13.3 Å². The molecule has 0 bridgehead atoms. The Morgan fingerprint density at radius 1 is 1.37 bits per heavy atom. The summed E-state index contributed by atoms with van der Waals surface area (Å²) in [7, 11) is 0. The summed E-state index contributed by atoms with van der Waals surface area (Å²) in [5, 5.41) is 0. The number of hydrogen-bond donors (Lipinski definition) is 2. The quantitative estimate of drug-likeness (QED) is 0.605. The Kier molecular flexibility index (Phi) is 8.02. The lowest BCUT2D eigenvalue weighted by Crippen LogP contribution is -2.36. The molecule has 5 nitrogen and oxygen atoms in total. The van der Waals surface area contributed by atoms with E-state index in [4.69, 9.17) is 16.2 Å². The van der Waals surface area contributed by atoms with Gasteiger partial charge in [-0.3, -0.25) is 4.79 Å². The molecule has 1 amide bonds. The first-order chi connectivity index (χ1) is 9.11. The molecule has 0 spiro atoms. The fourth-order valence-corrected chi connectivity index (χ4v) is 2.51. The lowest BCUT2D eigenvalue weighted by molar-refractivity contribution is -0.118. The van der Waals surface area contributed by atoms with Crippen LogP contribution in [0.1, 0.15) is 39.0 Å². The van der Waals surface area contributed by atoms with Gasteiger partial charge < -0.3 is 21.1 Å². The molecule has 0 saturated carbocycles. The van der Waals surface area contributed by atoms with Crippen LogP contribution >= 0.6 is 0 Å². The van der Waals surface area contributed by atoms with Crippen molar-refractivity contribution in [2.75, 3.05) is 32.8 Å². The minimum atomic E-state index is -0.341. The minimum Gasteiger partial charge on any atom is -0.380 e. The van der Waals surface area contributed by atoms with E-state index < -0.39 is 0 Å². The van der Waals surface area contributed by atoms with Gasteiger partial charge >= 0.3 is 0 Å². The molecular formula is C14H29N3O2. The number of nitrogens with two attached hydrogens (primary N) is 2. The van der Waals surface area contributed by atoms with E-state index in [9.17, 15) is 4.79 Å². The van der Waals surface area contributed by atoms with E-state index in [0.717, 1.165) is 19.1 Å². The maximum Gasteiger partial charge on any atom is 0.218 e. The maximum atomic E-state index is 10.7. The number of amides is 1. The number of carbonyl (C=O) groups excluding carboxylic acids is 1. The van der Waals surface area contributed by atoms with Gasteiger partial charge in [-0.2, -0.15) is 0 Å². The van der Waals surface area contributed by atoms with Crippen molar-refractivity contribution in [2.45, 2.75) is 45.1 Å². The average Bonchev–Trinajstić information content (AvgIpc) is 2.38. The normalized spacial score (nSPS) is 19.5. The molecule has 5 heteroatoms. The van der Waals surface area contributed by atoms with Crippen LogP contribution in [0.4, 0.5) is 0 Å². The third kappa shape index (κ3) is 7.50. The van der Waals surface area contributed by atoms with E-state index in [0.29, 0.717) is 13.0 Å². The molecule has 1 saturated heterocycles. The summed E-state index contributed by atoms with van der Waals surface area (Å²) < 4.78 is 5.57. The third-order valence-corrected chi connectivity index (χ3v) is 3.93. The van der Waals surface area contributed by atoms with Crippen molar-refractivity contribution in [3.8, 4) is 0 Å². The molecule has 0 aliphatic carbocycles. The number of likely N-dealkylation sites (tertiary alicyclic amines) is 1. The van der Waals surface area contributed by atoms with Gasteiger partial charge in [-0.15, -0.1) is 0 Å². The smallest absolute Gasteiger partial charge is 0.218 e. The number of carbonyl (C=O) groups is 1. The largest absolute Gasteiger partial charge is 0.380 e. The first-order valence-electron chi connectivity index (χ1n) is 7.45. The van der Waals surface area contributed by atoms with Crippen LogP contribution in [-0.2, 0) is 9.53 Å². The molecule has 1 aliphatic rings. The minimum absolute atomic E-state index is 0.169. The van der Waals surface area contributed by atoms with E-state index in [1.165, 1.54) is 32.4 Å². The first kappa shape index (κ1) is 16.4. The van der Waals surface area contributed by atoms with Crippen molar-refractivity contribution < 1.29 is 9.53 Å². The maximum absolute atomic E-state index is 10.7. The van der Waals surface area contributed by atoms with Crippen LogP contribution in [0, 0.1) is 5.92 Å². The highest BCUT2D eigenvalue weighted by Crippen LogP contribution is 2.19. The van der Waals surface area contributed by atoms with Crippen molar-refractivity contribution in [1.82, 2.24) is 4.90 Å². The van der Waals surface area contributed by atoms with E-state index in [1.54, 1.807) is 0 Å². The topological polar surface area (TPSA) is 81.6 Å².